The van der Waals surface area contributed by atoms with Gasteiger partial charge in [-0.05, 0) is 12.8 Å². The van der Waals surface area contributed by atoms with Gasteiger partial charge in [0.25, 0.3) is 0 Å². The molecular formula is C36H75NaO2. The van der Waals surface area contributed by atoms with Gasteiger partial charge in [-0.25, -0.2) is 0 Å². The van der Waals surface area contributed by atoms with Gasteiger partial charge in [-0.3, -0.25) is 0 Å². The normalized spacial score (nSPS) is 10.9. The number of hydrogen-bond donors (Lipinski definition) is 0. The first-order chi connectivity index (χ1) is 18.4. The van der Waals surface area contributed by atoms with Gasteiger partial charge < -0.3 is 10.2 Å². The molecule has 0 spiro atoms. The van der Waals surface area contributed by atoms with Gasteiger partial charge in [0.05, 0.1) is 0 Å². The molecule has 0 rings (SSSR count). The molecule has 1 N–H and O–H groups in total. The Balaban J connectivity index is -0.00000648. The second kappa shape index (κ2) is 43.4. The second-order valence-corrected chi connectivity index (χ2v) is 12.2. The van der Waals surface area contributed by atoms with E-state index in [4.69, 9.17) is 4.74 Å². The predicted octanol–water partition coefficient (Wildman–Crippen LogP) is 10.4. The van der Waals surface area contributed by atoms with Gasteiger partial charge in [0.2, 0.25) is 0 Å². The number of unbranched alkanes of at least 4 members (excludes halogenated alkanes) is 30. The van der Waals surface area contributed by atoms with Crippen LogP contribution in [0.25, 0.3) is 0 Å². The van der Waals surface area contributed by atoms with Crippen molar-refractivity contribution in [3.63, 3.8) is 0 Å². The van der Waals surface area contributed by atoms with Gasteiger partial charge in [-0.1, -0.05) is 206 Å². The van der Waals surface area contributed by atoms with Crippen LogP contribution in [0.1, 0.15) is 219 Å². The first-order valence-corrected chi connectivity index (χ1v) is 18.0. The monoisotopic (exact) mass is 563 g/mol. The van der Waals surface area contributed by atoms with Crippen LogP contribution in [0.15, 0.2) is 0 Å². The van der Waals surface area contributed by atoms with Crippen LogP contribution in [0.5, 0.6) is 0 Å². The minimum absolute atomic E-state index is 0. The van der Waals surface area contributed by atoms with Crippen LogP contribution in [-0.2, 0) is 4.74 Å². The van der Waals surface area contributed by atoms with Crippen LogP contribution in [-0.4, -0.2) is 18.7 Å². The van der Waals surface area contributed by atoms with Crippen molar-refractivity contribution < 1.29 is 39.8 Å². The topological polar surface area (TPSA) is 39.2 Å². The summed E-state index contributed by atoms with van der Waals surface area (Å²) in [5.41, 5.74) is 0. The van der Waals surface area contributed by atoms with Crippen molar-refractivity contribution in [1.29, 1.82) is 0 Å². The van der Waals surface area contributed by atoms with E-state index in [0.717, 1.165) is 13.2 Å². The molecule has 0 aliphatic carbocycles. The average Bonchev–Trinajstić information content (AvgIpc) is 2.91. The molecule has 0 fully saturated rings. The van der Waals surface area contributed by atoms with E-state index in [-0.39, 0.29) is 35.0 Å². The van der Waals surface area contributed by atoms with Gasteiger partial charge in [0.15, 0.2) is 0 Å². The van der Waals surface area contributed by atoms with E-state index in [1.807, 2.05) is 0 Å². The fourth-order valence-corrected chi connectivity index (χ4v) is 5.61. The van der Waals surface area contributed by atoms with Crippen LogP contribution in [0.3, 0.4) is 0 Å². The summed E-state index contributed by atoms with van der Waals surface area (Å²) in [6.45, 7) is 6.60. The molecule has 2 nitrogen and oxygen atoms in total. The molecule has 0 saturated carbocycles. The van der Waals surface area contributed by atoms with Gasteiger partial charge in [-0.15, -0.1) is 0 Å². The molecule has 232 valence electrons. The Morgan fingerprint density at radius 3 is 0.590 bits per heavy atom. The third-order valence-electron chi connectivity index (χ3n) is 8.28. The molecule has 0 aromatic carbocycles. The van der Waals surface area contributed by atoms with Crippen molar-refractivity contribution in [3.8, 4) is 0 Å². The number of ether oxygens (including phenoxy) is 1. The van der Waals surface area contributed by atoms with Crippen molar-refractivity contribution in [2.75, 3.05) is 13.2 Å². The van der Waals surface area contributed by atoms with E-state index in [2.05, 4.69) is 13.8 Å². The molecule has 0 aliphatic heterocycles. The van der Waals surface area contributed by atoms with Gasteiger partial charge in [0, 0.05) is 13.2 Å². The molecule has 0 radical (unpaired) electrons. The van der Waals surface area contributed by atoms with E-state index in [1.54, 1.807) is 0 Å². The van der Waals surface area contributed by atoms with Crippen LogP contribution in [0.2, 0.25) is 0 Å². The Hall–Kier alpha value is 0.920. The minimum atomic E-state index is 0. The van der Waals surface area contributed by atoms with Gasteiger partial charge in [0.1, 0.15) is 0 Å². The van der Waals surface area contributed by atoms with E-state index < -0.39 is 0 Å². The van der Waals surface area contributed by atoms with E-state index in [9.17, 15) is 0 Å². The molecule has 0 saturated heterocycles. The number of rotatable bonds is 34. The molecule has 39 heavy (non-hydrogen) atoms. The summed E-state index contributed by atoms with van der Waals surface area (Å²) in [7, 11) is 0. The van der Waals surface area contributed by atoms with Crippen LogP contribution >= 0.6 is 0 Å². The Morgan fingerprint density at radius 2 is 0.410 bits per heavy atom. The average molecular weight is 563 g/mol. The summed E-state index contributed by atoms with van der Waals surface area (Å²) in [6, 6.07) is 0. The van der Waals surface area contributed by atoms with Crippen molar-refractivity contribution >= 4 is 0 Å². The molecule has 0 bridgehead atoms. The maximum atomic E-state index is 5.87. The quantitative estimate of drug-likeness (QED) is 0.0578. The van der Waals surface area contributed by atoms with Crippen LogP contribution < -0.4 is 29.6 Å². The maximum Gasteiger partial charge on any atom is 1.00 e. The Bertz CT molecular complexity index is 343. The minimum Gasteiger partial charge on any atom is -0.870 e. The SMILES string of the molecule is CCCCCCCCCCCCCCCCCCOCCCCCCCCCCCCCCCCCC.[Na+].[OH-]. The summed E-state index contributed by atoms with van der Waals surface area (Å²) < 4.78 is 5.87. The Morgan fingerprint density at radius 1 is 0.256 bits per heavy atom. The summed E-state index contributed by atoms with van der Waals surface area (Å²) in [6.07, 6.45) is 46.0. The summed E-state index contributed by atoms with van der Waals surface area (Å²) in [5, 5.41) is 0. The first kappa shape index (κ1) is 44.4. The molecule has 0 aromatic rings. The van der Waals surface area contributed by atoms with Crippen LogP contribution in [0.4, 0.5) is 0 Å². The predicted molar refractivity (Wildman–Crippen MR) is 172 cm³/mol. The van der Waals surface area contributed by atoms with E-state index in [0.29, 0.717) is 0 Å². The third-order valence-corrected chi connectivity index (χ3v) is 8.28. The zero-order valence-electron chi connectivity index (χ0n) is 27.9. The maximum absolute atomic E-state index is 5.87. The molecule has 0 heterocycles. The molecule has 0 unspecified atom stereocenters. The largest absolute Gasteiger partial charge is 1.00 e. The summed E-state index contributed by atoms with van der Waals surface area (Å²) >= 11 is 0. The van der Waals surface area contributed by atoms with Crippen molar-refractivity contribution in [3.05, 3.63) is 0 Å². The fraction of sp³-hybridized carbons (Fsp3) is 1.00. The molecule has 0 amide bonds. The second-order valence-electron chi connectivity index (χ2n) is 12.2. The standard InChI is InChI=1S/C36H74O.Na.H2O/c1-3-5-7-9-11-13-15-17-19-21-23-25-27-29-31-33-35-37-36-34-32-30-28-26-24-22-20-18-16-14-12-10-8-6-4-2;;/h3-36H2,1-2H3;;1H2/q;+1;/p-1. The third kappa shape index (κ3) is 43.5. The Labute approximate surface area is 271 Å². The van der Waals surface area contributed by atoms with E-state index >= 15 is 0 Å². The summed E-state index contributed by atoms with van der Waals surface area (Å²) in [4.78, 5) is 0. The summed E-state index contributed by atoms with van der Waals surface area (Å²) in [5.74, 6) is 0. The van der Waals surface area contributed by atoms with Crippen molar-refractivity contribution in [1.82, 2.24) is 0 Å². The molecular weight excluding hydrogens is 487 g/mol. The zero-order valence-corrected chi connectivity index (χ0v) is 29.9. The molecule has 0 aromatic heterocycles. The van der Waals surface area contributed by atoms with Crippen LogP contribution in [0, 0.1) is 0 Å². The fourth-order valence-electron chi connectivity index (χ4n) is 5.61. The molecule has 0 aliphatic rings. The smallest absolute Gasteiger partial charge is 0.870 e. The van der Waals surface area contributed by atoms with Gasteiger partial charge >= 0.3 is 29.6 Å². The zero-order chi connectivity index (χ0) is 26.7. The first-order valence-electron chi connectivity index (χ1n) is 18.0. The molecule has 3 heteroatoms. The number of hydrogen-bond acceptors (Lipinski definition) is 2. The van der Waals surface area contributed by atoms with Gasteiger partial charge in [-0.2, -0.15) is 0 Å². The van der Waals surface area contributed by atoms with Crippen molar-refractivity contribution in [2.24, 2.45) is 0 Å². The van der Waals surface area contributed by atoms with E-state index in [1.165, 1.54) is 205 Å². The molecule has 0 atom stereocenters. The van der Waals surface area contributed by atoms with Crippen molar-refractivity contribution in [2.45, 2.75) is 219 Å². The Kier molecular flexibility index (Phi) is 49.3.